The van der Waals surface area contributed by atoms with Crippen LogP contribution in [-0.4, -0.2) is 28.6 Å². The Morgan fingerprint density at radius 3 is 2.53 bits per heavy atom. The maximum atomic E-state index is 12.9. The van der Waals surface area contributed by atoms with Crippen molar-refractivity contribution in [3.8, 4) is 17.4 Å². The largest absolute Gasteiger partial charge is 0.463 e. The van der Waals surface area contributed by atoms with Crippen LogP contribution in [0.1, 0.15) is 13.3 Å². The van der Waals surface area contributed by atoms with Gasteiger partial charge in [0.25, 0.3) is 0 Å². The minimum absolute atomic E-state index is 0.264. The van der Waals surface area contributed by atoms with Gasteiger partial charge in [-0.25, -0.2) is 4.39 Å². The summed E-state index contributed by atoms with van der Waals surface area (Å²) in [7, 11) is 1.72. The Bertz CT molecular complexity index is 545. The number of ether oxygens (including phenoxy) is 1. The van der Waals surface area contributed by atoms with E-state index in [0.29, 0.717) is 23.9 Å². The van der Waals surface area contributed by atoms with Crippen molar-refractivity contribution in [3.05, 3.63) is 30.1 Å². The van der Waals surface area contributed by atoms with Gasteiger partial charge < -0.3 is 10.1 Å². The second-order valence-electron chi connectivity index (χ2n) is 3.87. The van der Waals surface area contributed by atoms with Gasteiger partial charge in [-0.3, -0.25) is 0 Å². The van der Waals surface area contributed by atoms with Crippen LogP contribution in [0.3, 0.4) is 0 Å². The fraction of sp³-hybridized carbons (Fsp3) is 0.308. The molecule has 2 rings (SSSR count). The van der Waals surface area contributed by atoms with Crippen molar-refractivity contribution in [2.45, 2.75) is 13.3 Å². The fourth-order valence-electron chi connectivity index (χ4n) is 1.45. The third-order valence-corrected chi connectivity index (χ3v) is 2.38. The standard InChI is InChI=1S/C13H15FN4O/c1-3-8-19-13-17-11(16-12(15-2)18-13)9-4-6-10(14)7-5-9/h4-7H,3,8H2,1-2H3,(H,15,16,17,18). The lowest BCUT2D eigenvalue weighted by Crippen LogP contribution is -2.06. The van der Waals surface area contributed by atoms with Crippen LogP contribution < -0.4 is 10.1 Å². The average molecular weight is 262 g/mol. The number of rotatable bonds is 5. The molecule has 0 aliphatic heterocycles. The summed E-state index contributed by atoms with van der Waals surface area (Å²) < 4.78 is 18.3. The Morgan fingerprint density at radius 2 is 1.89 bits per heavy atom. The zero-order chi connectivity index (χ0) is 13.7. The molecule has 0 amide bonds. The second-order valence-corrected chi connectivity index (χ2v) is 3.87. The summed E-state index contributed by atoms with van der Waals surface area (Å²) in [6.07, 6.45) is 0.868. The molecule has 100 valence electrons. The molecule has 0 aliphatic carbocycles. The number of nitrogens with zero attached hydrogens (tertiary/aromatic N) is 3. The molecule has 1 aromatic carbocycles. The predicted molar refractivity (Wildman–Crippen MR) is 70.6 cm³/mol. The molecular weight excluding hydrogens is 247 g/mol. The normalized spacial score (nSPS) is 10.3. The van der Waals surface area contributed by atoms with Crippen molar-refractivity contribution in [3.63, 3.8) is 0 Å². The lowest BCUT2D eigenvalue weighted by Gasteiger charge is -2.07. The molecule has 0 fully saturated rings. The molecule has 1 heterocycles. The zero-order valence-electron chi connectivity index (χ0n) is 10.9. The Labute approximate surface area is 110 Å². The van der Waals surface area contributed by atoms with Gasteiger partial charge in [-0.1, -0.05) is 6.92 Å². The monoisotopic (exact) mass is 262 g/mol. The molecule has 0 aliphatic rings. The SMILES string of the molecule is CCCOc1nc(NC)nc(-c2ccc(F)cc2)n1. The van der Waals surface area contributed by atoms with Crippen LogP contribution in [0.2, 0.25) is 0 Å². The third-order valence-electron chi connectivity index (χ3n) is 2.38. The number of nitrogens with one attached hydrogen (secondary N) is 1. The van der Waals surface area contributed by atoms with Crippen molar-refractivity contribution in [1.82, 2.24) is 15.0 Å². The van der Waals surface area contributed by atoms with Crippen molar-refractivity contribution in [1.29, 1.82) is 0 Å². The number of hydrogen-bond acceptors (Lipinski definition) is 5. The van der Waals surface area contributed by atoms with E-state index in [1.807, 2.05) is 6.92 Å². The van der Waals surface area contributed by atoms with E-state index in [4.69, 9.17) is 4.74 Å². The molecule has 5 nitrogen and oxygen atoms in total. The van der Waals surface area contributed by atoms with Crippen LogP contribution in [0.15, 0.2) is 24.3 Å². The number of anilines is 1. The molecule has 1 aromatic heterocycles. The average Bonchev–Trinajstić information content (AvgIpc) is 2.45. The molecule has 0 spiro atoms. The molecular formula is C13H15FN4O. The van der Waals surface area contributed by atoms with Gasteiger partial charge in [0.05, 0.1) is 6.61 Å². The van der Waals surface area contributed by atoms with Crippen molar-refractivity contribution >= 4 is 5.95 Å². The molecule has 0 saturated carbocycles. The molecule has 2 aromatic rings. The molecule has 1 N–H and O–H groups in total. The van der Waals surface area contributed by atoms with E-state index in [9.17, 15) is 4.39 Å². The highest BCUT2D eigenvalue weighted by molar-refractivity contribution is 5.56. The van der Waals surface area contributed by atoms with E-state index in [2.05, 4.69) is 20.3 Å². The second kappa shape index (κ2) is 6.08. The van der Waals surface area contributed by atoms with Crippen LogP contribution in [0, 0.1) is 5.82 Å². The number of aromatic nitrogens is 3. The van der Waals surface area contributed by atoms with E-state index >= 15 is 0 Å². The summed E-state index contributed by atoms with van der Waals surface area (Å²) in [4.78, 5) is 12.5. The van der Waals surface area contributed by atoms with Gasteiger partial charge in [-0.15, -0.1) is 0 Å². The van der Waals surface area contributed by atoms with Crippen LogP contribution in [0.4, 0.5) is 10.3 Å². The van der Waals surface area contributed by atoms with Gasteiger partial charge in [0, 0.05) is 12.6 Å². The fourth-order valence-corrected chi connectivity index (χ4v) is 1.45. The first kappa shape index (κ1) is 13.2. The van der Waals surface area contributed by atoms with Crippen LogP contribution in [-0.2, 0) is 0 Å². The minimum atomic E-state index is -0.297. The predicted octanol–water partition coefficient (Wildman–Crippen LogP) is 2.51. The summed E-state index contributed by atoms with van der Waals surface area (Å²) >= 11 is 0. The van der Waals surface area contributed by atoms with E-state index in [0.717, 1.165) is 6.42 Å². The summed E-state index contributed by atoms with van der Waals surface area (Å²) in [5.41, 5.74) is 0.710. The van der Waals surface area contributed by atoms with Crippen LogP contribution >= 0.6 is 0 Å². The first-order valence-electron chi connectivity index (χ1n) is 6.05. The Balaban J connectivity index is 2.35. The summed E-state index contributed by atoms with van der Waals surface area (Å²) in [5, 5.41) is 2.85. The van der Waals surface area contributed by atoms with Gasteiger partial charge in [0.1, 0.15) is 5.82 Å². The molecule has 0 bridgehead atoms. The molecule has 0 unspecified atom stereocenters. The van der Waals surface area contributed by atoms with Gasteiger partial charge in [0.2, 0.25) is 5.95 Å². The van der Waals surface area contributed by atoms with Crippen LogP contribution in [0.25, 0.3) is 11.4 Å². The number of halogens is 1. The highest BCUT2D eigenvalue weighted by Crippen LogP contribution is 2.19. The van der Waals surface area contributed by atoms with E-state index in [1.165, 1.54) is 12.1 Å². The van der Waals surface area contributed by atoms with E-state index < -0.39 is 0 Å². The molecule has 0 radical (unpaired) electrons. The highest BCUT2D eigenvalue weighted by Gasteiger charge is 2.08. The Morgan fingerprint density at radius 1 is 1.16 bits per heavy atom. The van der Waals surface area contributed by atoms with Crippen molar-refractivity contribution < 1.29 is 9.13 Å². The maximum Gasteiger partial charge on any atom is 0.321 e. The maximum absolute atomic E-state index is 12.9. The first-order chi connectivity index (χ1) is 9.22. The summed E-state index contributed by atoms with van der Waals surface area (Å²) in [6.45, 7) is 2.54. The van der Waals surface area contributed by atoms with Gasteiger partial charge in [0.15, 0.2) is 5.82 Å². The highest BCUT2D eigenvalue weighted by atomic mass is 19.1. The minimum Gasteiger partial charge on any atom is -0.463 e. The number of hydrogen-bond donors (Lipinski definition) is 1. The molecule has 0 atom stereocenters. The molecule has 6 heteroatoms. The smallest absolute Gasteiger partial charge is 0.321 e. The quantitative estimate of drug-likeness (QED) is 0.897. The van der Waals surface area contributed by atoms with E-state index in [-0.39, 0.29) is 11.8 Å². The van der Waals surface area contributed by atoms with Gasteiger partial charge in [-0.2, -0.15) is 15.0 Å². The first-order valence-corrected chi connectivity index (χ1v) is 6.05. The van der Waals surface area contributed by atoms with Gasteiger partial charge >= 0.3 is 6.01 Å². The summed E-state index contributed by atoms with van der Waals surface area (Å²) in [6, 6.07) is 6.23. The topological polar surface area (TPSA) is 59.9 Å². The third kappa shape index (κ3) is 3.37. The Hall–Kier alpha value is -2.24. The zero-order valence-corrected chi connectivity index (χ0v) is 10.9. The van der Waals surface area contributed by atoms with Gasteiger partial charge in [-0.05, 0) is 30.7 Å². The van der Waals surface area contributed by atoms with Crippen molar-refractivity contribution in [2.75, 3.05) is 19.0 Å². The van der Waals surface area contributed by atoms with Crippen molar-refractivity contribution in [2.24, 2.45) is 0 Å². The Kier molecular flexibility index (Phi) is 4.22. The molecule has 19 heavy (non-hydrogen) atoms. The van der Waals surface area contributed by atoms with Crippen LogP contribution in [0.5, 0.6) is 6.01 Å². The summed E-state index contributed by atoms with van der Waals surface area (Å²) in [5.74, 6) is 0.569. The molecule has 0 saturated heterocycles. The lowest BCUT2D eigenvalue weighted by atomic mass is 10.2. The van der Waals surface area contributed by atoms with E-state index in [1.54, 1.807) is 19.2 Å². The number of benzene rings is 1. The lowest BCUT2D eigenvalue weighted by molar-refractivity contribution is 0.292.